The summed E-state index contributed by atoms with van der Waals surface area (Å²) in [6, 6.07) is 8.01. The molecule has 0 amide bonds. The Kier molecular flexibility index (Phi) is 6.06. The maximum atomic E-state index is 9.35. The Morgan fingerprint density at radius 1 is 1.24 bits per heavy atom. The van der Waals surface area contributed by atoms with Gasteiger partial charge in [-0.15, -0.1) is 0 Å². The van der Waals surface area contributed by atoms with E-state index in [1.54, 1.807) is 6.92 Å². The molecule has 1 atom stereocenters. The lowest BCUT2D eigenvalue weighted by molar-refractivity contribution is 0.195. The largest absolute Gasteiger partial charge is 0.493 e. The molecule has 0 aromatic heterocycles. The molecule has 0 spiro atoms. The number of ether oxygens (including phenoxy) is 1. The van der Waals surface area contributed by atoms with Crippen molar-refractivity contribution in [1.82, 2.24) is 0 Å². The van der Waals surface area contributed by atoms with Crippen LogP contribution >= 0.6 is 0 Å². The van der Waals surface area contributed by atoms with Crippen molar-refractivity contribution >= 4 is 0 Å². The van der Waals surface area contributed by atoms with E-state index in [0.29, 0.717) is 12.3 Å². The van der Waals surface area contributed by atoms with E-state index in [-0.39, 0.29) is 6.10 Å². The highest BCUT2D eigenvalue weighted by Gasteiger charge is 2.05. The van der Waals surface area contributed by atoms with Crippen molar-refractivity contribution in [2.45, 2.75) is 46.1 Å². The first-order chi connectivity index (χ1) is 8.15. The van der Waals surface area contributed by atoms with Gasteiger partial charge in [-0.05, 0) is 37.0 Å². The molecule has 0 fully saturated rings. The van der Waals surface area contributed by atoms with Crippen LogP contribution in [-0.4, -0.2) is 17.8 Å². The van der Waals surface area contributed by atoms with Crippen molar-refractivity contribution < 1.29 is 9.84 Å². The summed E-state index contributed by atoms with van der Waals surface area (Å²) in [7, 11) is 0. The van der Waals surface area contributed by atoms with E-state index in [0.717, 1.165) is 30.8 Å². The molecule has 0 radical (unpaired) electrons. The van der Waals surface area contributed by atoms with Crippen LogP contribution in [0.5, 0.6) is 5.75 Å². The molecule has 0 bridgehead atoms. The Hall–Kier alpha value is -1.02. The molecule has 2 heteroatoms. The van der Waals surface area contributed by atoms with Crippen molar-refractivity contribution in [2.75, 3.05) is 6.61 Å². The highest BCUT2D eigenvalue weighted by Crippen LogP contribution is 2.17. The Labute approximate surface area is 105 Å². The summed E-state index contributed by atoms with van der Waals surface area (Å²) in [5.41, 5.74) is 1.13. The van der Waals surface area contributed by atoms with Crippen LogP contribution in [0.1, 0.15) is 39.2 Å². The molecule has 1 rings (SSSR count). The molecular weight excluding hydrogens is 212 g/mol. The fourth-order valence-electron chi connectivity index (χ4n) is 1.84. The summed E-state index contributed by atoms with van der Waals surface area (Å²) < 4.78 is 5.79. The van der Waals surface area contributed by atoms with Crippen LogP contribution in [0.3, 0.4) is 0 Å². The number of benzene rings is 1. The van der Waals surface area contributed by atoms with Gasteiger partial charge < -0.3 is 9.84 Å². The minimum Gasteiger partial charge on any atom is -0.493 e. The van der Waals surface area contributed by atoms with Crippen molar-refractivity contribution in [3.8, 4) is 5.75 Å². The van der Waals surface area contributed by atoms with E-state index >= 15 is 0 Å². The summed E-state index contributed by atoms with van der Waals surface area (Å²) >= 11 is 0. The maximum absolute atomic E-state index is 9.35. The second-order valence-electron chi connectivity index (χ2n) is 4.69. The van der Waals surface area contributed by atoms with E-state index in [1.807, 2.05) is 24.3 Å². The van der Waals surface area contributed by atoms with E-state index in [4.69, 9.17) is 4.74 Å². The summed E-state index contributed by atoms with van der Waals surface area (Å²) in [5.74, 6) is 1.55. The van der Waals surface area contributed by atoms with Crippen LogP contribution in [0.15, 0.2) is 24.3 Å². The van der Waals surface area contributed by atoms with E-state index in [9.17, 15) is 5.11 Å². The van der Waals surface area contributed by atoms with Crippen molar-refractivity contribution in [2.24, 2.45) is 5.92 Å². The predicted octanol–water partition coefficient (Wildman–Crippen LogP) is 3.42. The Morgan fingerprint density at radius 2 is 1.94 bits per heavy atom. The standard InChI is InChI=1S/C15H24O2/c1-4-13(5-2)11-17-15-8-6-7-14(10-15)9-12(3)16/h6-8,10,12-13,16H,4-5,9,11H2,1-3H3. The minimum atomic E-state index is -0.302. The van der Waals surface area contributed by atoms with Gasteiger partial charge in [-0.1, -0.05) is 38.8 Å². The molecule has 1 N–H and O–H groups in total. The number of hydrogen-bond acceptors (Lipinski definition) is 2. The molecule has 1 aromatic rings. The van der Waals surface area contributed by atoms with Crippen molar-refractivity contribution in [3.63, 3.8) is 0 Å². The quantitative estimate of drug-likeness (QED) is 0.786. The van der Waals surface area contributed by atoms with Gasteiger partial charge in [0.15, 0.2) is 0 Å². The summed E-state index contributed by atoms with van der Waals surface area (Å²) in [4.78, 5) is 0. The third-order valence-electron chi connectivity index (χ3n) is 3.07. The SMILES string of the molecule is CCC(CC)COc1cccc(CC(C)O)c1. The van der Waals surface area contributed by atoms with Crippen molar-refractivity contribution in [3.05, 3.63) is 29.8 Å². The number of hydrogen-bond donors (Lipinski definition) is 1. The fraction of sp³-hybridized carbons (Fsp3) is 0.600. The molecule has 0 aliphatic rings. The first-order valence-electron chi connectivity index (χ1n) is 6.55. The van der Waals surface area contributed by atoms with Gasteiger partial charge in [0.1, 0.15) is 5.75 Å². The molecule has 0 saturated carbocycles. The zero-order valence-electron chi connectivity index (χ0n) is 11.1. The minimum absolute atomic E-state index is 0.302. The van der Waals surface area contributed by atoms with Gasteiger partial charge in [0.25, 0.3) is 0 Å². The molecule has 1 unspecified atom stereocenters. The van der Waals surface area contributed by atoms with Gasteiger partial charge in [-0.25, -0.2) is 0 Å². The van der Waals surface area contributed by atoms with E-state index in [1.165, 1.54) is 0 Å². The van der Waals surface area contributed by atoms with Crippen LogP contribution in [0.4, 0.5) is 0 Å². The lowest BCUT2D eigenvalue weighted by atomic mass is 10.1. The first kappa shape index (κ1) is 14.0. The zero-order chi connectivity index (χ0) is 12.7. The van der Waals surface area contributed by atoms with Gasteiger partial charge in [-0.2, -0.15) is 0 Å². The number of aliphatic hydroxyl groups is 1. The highest BCUT2D eigenvalue weighted by atomic mass is 16.5. The third kappa shape index (κ3) is 5.22. The summed E-state index contributed by atoms with van der Waals surface area (Å²) in [6.45, 7) is 6.98. The molecule has 1 aromatic carbocycles. The smallest absolute Gasteiger partial charge is 0.119 e. The second-order valence-corrected chi connectivity index (χ2v) is 4.69. The normalized spacial score (nSPS) is 12.8. The Bertz CT molecular complexity index is 316. The monoisotopic (exact) mass is 236 g/mol. The van der Waals surface area contributed by atoms with Crippen LogP contribution < -0.4 is 4.74 Å². The second kappa shape index (κ2) is 7.33. The summed E-state index contributed by atoms with van der Waals surface area (Å²) in [6.07, 6.45) is 2.69. The fourth-order valence-corrected chi connectivity index (χ4v) is 1.84. The van der Waals surface area contributed by atoms with Gasteiger partial charge >= 0.3 is 0 Å². The Morgan fingerprint density at radius 3 is 2.53 bits per heavy atom. The van der Waals surface area contributed by atoms with Gasteiger partial charge in [0.2, 0.25) is 0 Å². The summed E-state index contributed by atoms with van der Waals surface area (Å²) in [5, 5.41) is 9.35. The lowest BCUT2D eigenvalue weighted by Crippen LogP contribution is -2.10. The average molecular weight is 236 g/mol. The highest BCUT2D eigenvalue weighted by molar-refractivity contribution is 5.28. The van der Waals surface area contributed by atoms with Gasteiger partial charge in [0, 0.05) is 0 Å². The molecule has 0 heterocycles. The third-order valence-corrected chi connectivity index (χ3v) is 3.07. The number of rotatable bonds is 7. The lowest BCUT2D eigenvalue weighted by Gasteiger charge is -2.14. The topological polar surface area (TPSA) is 29.5 Å². The molecule has 0 saturated heterocycles. The Balaban J connectivity index is 2.53. The zero-order valence-corrected chi connectivity index (χ0v) is 11.1. The molecule has 2 nitrogen and oxygen atoms in total. The van der Waals surface area contributed by atoms with Crippen LogP contribution in [0.25, 0.3) is 0 Å². The van der Waals surface area contributed by atoms with E-state index < -0.39 is 0 Å². The van der Waals surface area contributed by atoms with Gasteiger partial charge in [-0.3, -0.25) is 0 Å². The average Bonchev–Trinajstić information content (AvgIpc) is 2.30. The molecular formula is C15H24O2. The van der Waals surface area contributed by atoms with Crippen molar-refractivity contribution in [1.29, 1.82) is 0 Å². The first-order valence-corrected chi connectivity index (χ1v) is 6.55. The molecule has 96 valence electrons. The van der Waals surface area contributed by atoms with E-state index in [2.05, 4.69) is 13.8 Å². The molecule has 0 aliphatic heterocycles. The van der Waals surface area contributed by atoms with Crippen LogP contribution in [-0.2, 0) is 6.42 Å². The van der Waals surface area contributed by atoms with Crippen LogP contribution in [0.2, 0.25) is 0 Å². The predicted molar refractivity (Wildman–Crippen MR) is 71.4 cm³/mol. The van der Waals surface area contributed by atoms with Gasteiger partial charge in [0.05, 0.1) is 12.7 Å². The van der Waals surface area contributed by atoms with Crippen LogP contribution in [0, 0.1) is 5.92 Å². The molecule has 0 aliphatic carbocycles. The number of aliphatic hydroxyl groups excluding tert-OH is 1. The maximum Gasteiger partial charge on any atom is 0.119 e. The molecule has 17 heavy (non-hydrogen) atoms.